The molecule has 0 unspecified atom stereocenters. The summed E-state index contributed by atoms with van der Waals surface area (Å²) in [6.45, 7) is 10.0. The highest BCUT2D eigenvalue weighted by Gasteiger charge is 2.43. The van der Waals surface area contributed by atoms with Crippen LogP contribution in [-0.2, 0) is 11.1 Å². The number of likely N-dealkylation sites (tertiary alicyclic amines) is 1. The second-order valence-electron chi connectivity index (χ2n) is 7.90. The number of hydrogen-bond donors (Lipinski definition) is 1. The van der Waals surface area contributed by atoms with Gasteiger partial charge in [0, 0.05) is 24.2 Å². The summed E-state index contributed by atoms with van der Waals surface area (Å²) in [6, 6.07) is 17.5. The van der Waals surface area contributed by atoms with Crippen molar-refractivity contribution in [2.24, 2.45) is 0 Å². The Hall–Kier alpha value is -1.71. The number of halogens is 1. The Balaban J connectivity index is 0.00000145. The zero-order chi connectivity index (χ0) is 21.3. The van der Waals surface area contributed by atoms with Gasteiger partial charge in [0.1, 0.15) is 5.82 Å². The Morgan fingerprint density at radius 3 is 1.93 bits per heavy atom. The van der Waals surface area contributed by atoms with Crippen molar-refractivity contribution in [1.29, 1.82) is 0 Å². The standard InChI is InChI=1S/C24H32FNO.C2H6/c1-3-14-23(15-4-2,20-10-6-5-7-11-20)26-18-16-24(27,17-19-26)21-12-8-9-13-22(21)25;1-2/h5-13,27H,3-4,14-19H2,1-2H3;1-2H3. The van der Waals surface area contributed by atoms with E-state index in [1.54, 1.807) is 12.1 Å². The van der Waals surface area contributed by atoms with Gasteiger partial charge in [0.15, 0.2) is 0 Å². The molecule has 1 saturated heterocycles. The third kappa shape index (κ3) is 5.07. The molecule has 0 saturated carbocycles. The Kier molecular flexibility index (Phi) is 8.85. The van der Waals surface area contributed by atoms with Gasteiger partial charge in [0.2, 0.25) is 0 Å². The average Bonchev–Trinajstić information content (AvgIpc) is 2.76. The summed E-state index contributed by atoms with van der Waals surface area (Å²) in [5, 5.41) is 11.2. The van der Waals surface area contributed by atoms with Crippen LogP contribution in [0.4, 0.5) is 4.39 Å². The molecule has 1 fully saturated rings. The Bertz CT molecular complexity index is 716. The first-order valence-corrected chi connectivity index (χ1v) is 11.3. The third-order valence-electron chi connectivity index (χ3n) is 6.21. The van der Waals surface area contributed by atoms with Crippen molar-refractivity contribution in [2.45, 2.75) is 77.4 Å². The molecule has 29 heavy (non-hydrogen) atoms. The van der Waals surface area contributed by atoms with Crippen LogP contribution in [-0.4, -0.2) is 23.1 Å². The summed E-state index contributed by atoms with van der Waals surface area (Å²) in [5.74, 6) is -0.301. The molecule has 2 nitrogen and oxygen atoms in total. The van der Waals surface area contributed by atoms with E-state index in [9.17, 15) is 9.50 Å². The summed E-state index contributed by atoms with van der Waals surface area (Å²) >= 11 is 0. The van der Waals surface area contributed by atoms with Gasteiger partial charge in [-0.3, -0.25) is 4.90 Å². The lowest BCUT2D eigenvalue weighted by Crippen LogP contribution is -2.53. The topological polar surface area (TPSA) is 23.5 Å². The van der Waals surface area contributed by atoms with Gasteiger partial charge in [-0.05, 0) is 37.3 Å². The molecule has 1 N–H and O–H groups in total. The maximum atomic E-state index is 14.3. The van der Waals surface area contributed by atoms with Crippen LogP contribution in [0, 0.1) is 5.82 Å². The molecular weight excluding hydrogens is 361 g/mol. The molecular formula is C26H38FNO. The average molecular weight is 400 g/mol. The molecule has 0 spiro atoms. The van der Waals surface area contributed by atoms with Crippen molar-refractivity contribution in [3.05, 3.63) is 71.5 Å². The summed E-state index contributed by atoms with van der Waals surface area (Å²) in [6.07, 6.45) is 5.56. The molecule has 0 atom stereocenters. The first-order valence-electron chi connectivity index (χ1n) is 11.3. The first kappa shape index (κ1) is 23.6. The van der Waals surface area contributed by atoms with E-state index in [4.69, 9.17) is 0 Å². The Morgan fingerprint density at radius 2 is 1.41 bits per heavy atom. The minimum atomic E-state index is -1.07. The third-order valence-corrected chi connectivity index (χ3v) is 6.21. The van der Waals surface area contributed by atoms with Crippen molar-refractivity contribution in [3.8, 4) is 0 Å². The van der Waals surface area contributed by atoms with E-state index in [1.807, 2.05) is 19.9 Å². The molecule has 0 radical (unpaired) electrons. The predicted molar refractivity (Wildman–Crippen MR) is 120 cm³/mol. The lowest BCUT2D eigenvalue weighted by Gasteiger charge is -2.50. The number of rotatable bonds is 7. The molecule has 160 valence electrons. The van der Waals surface area contributed by atoms with Crippen molar-refractivity contribution in [2.75, 3.05) is 13.1 Å². The molecule has 0 bridgehead atoms. The van der Waals surface area contributed by atoms with Gasteiger partial charge in [-0.2, -0.15) is 0 Å². The van der Waals surface area contributed by atoms with Crippen LogP contribution >= 0.6 is 0 Å². The van der Waals surface area contributed by atoms with Gasteiger partial charge in [-0.1, -0.05) is 89.1 Å². The van der Waals surface area contributed by atoms with E-state index < -0.39 is 5.60 Å². The van der Waals surface area contributed by atoms with Gasteiger partial charge in [0.05, 0.1) is 5.60 Å². The highest BCUT2D eigenvalue weighted by atomic mass is 19.1. The molecule has 0 amide bonds. The number of benzene rings is 2. The van der Waals surface area contributed by atoms with Gasteiger partial charge in [-0.25, -0.2) is 4.39 Å². The monoisotopic (exact) mass is 399 g/mol. The number of aliphatic hydroxyl groups is 1. The van der Waals surface area contributed by atoms with E-state index >= 15 is 0 Å². The van der Waals surface area contributed by atoms with E-state index in [0.717, 1.165) is 38.8 Å². The SMILES string of the molecule is CC.CCCC(CCC)(c1ccccc1)N1CCC(O)(c2ccccc2F)CC1. The second kappa shape index (κ2) is 10.9. The maximum absolute atomic E-state index is 14.3. The Labute approximate surface area is 176 Å². The van der Waals surface area contributed by atoms with Crippen LogP contribution < -0.4 is 0 Å². The molecule has 2 aromatic carbocycles. The second-order valence-corrected chi connectivity index (χ2v) is 7.90. The van der Waals surface area contributed by atoms with Crippen molar-refractivity contribution < 1.29 is 9.50 Å². The molecule has 2 aromatic rings. The van der Waals surface area contributed by atoms with E-state index in [0.29, 0.717) is 18.4 Å². The van der Waals surface area contributed by atoms with Gasteiger partial charge >= 0.3 is 0 Å². The normalized spacial score (nSPS) is 16.8. The van der Waals surface area contributed by atoms with Crippen molar-refractivity contribution >= 4 is 0 Å². The predicted octanol–water partition coefficient (Wildman–Crippen LogP) is 6.63. The van der Waals surface area contributed by atoms with E-state index in [-0.39, 0.29) is 11.4 Å². The largest absolute Gasteiger partial charge is 0.385 e. The fraction of sp³-hybridized carbons (Fsp3) is 0.538. The minimum Gasteiger partial charge on any atom is -0.385 e. The van der Waals surface area contributed by atoms with Crippen molar-refractivity contribution in [3.63, 3.8) is 0 Å². The van der Waals surface area contributed by atoms with Crippen LogP contribution in [0.3, 0.4) is 0 Å². The fourth-order valence-corrected chi connectivity index (χ4v) is 4.90. The highest BCUT2D eigenvalue weighted by Crippen LogP contribution is 2.43. The highest BCUT2D eigenvalue weighted by molar-refractivity contribution is 5.28. The van der Waals surface area contributed by atoms with Gasteiger partial charge < -0.3 is 5.11 Å². The summed E-state index contributed by atoms with van der Waals surface area (Å²) in [5.41, 5.74) is 0.746. The molecule has 3 rings (SSSR count). The van der Waals surface area contributed by atoms with Crippen LogP contribution in [0.5, 0.6) is 0 Å². The smallest absolute Gasteiger partial charge is 0.129 e. The van der Waals surface area contributed by atoms with Crippen molar-refractivity contribution in [1.82, 2.24) is 4.90 Å². The van der Waals surface area contributed by atoms with Crippen LogP contribution in [0.15, 0.2) is 54.6 Å². The molecule has 1 aliphatic heterocycles. The Morgan fingerprint density at radius 1 is 0.897 bits per heavy atom. The minimum absolute atomic E-state index is 0.00131. The molecule has 1 heterocycles. The molecule has 3 heteroatoms. The quantitative estimate of drug-likeness (QED) is 0.565. The first-order chi connectivity index (χ1) is 14.1. The zero-order valence-electron chi connectivity index (χ0n) is 18.6. The summed E-state index contributed by atoms with van der Waals surface area (Å²) in [4.78, 5) is 2.55. The van der Waals surface area contributed by atoms with Crippen LogP contribution in [0.25, 0.3) is 0 Å². The summed E-state index contributed by atoms with van der Waals surface area (Å²) in [7, 11) is 0. The molecule has 0 aliphatic carbocycles. The van der Waals surface area contributed by atoms with Crippen LogP contribution in [0.2, 0.25) is 0 Å². The number of hydrogen-bond acceptors (Lipinski definition) is 2. The number of nitrogens with zero attached hydrogens (tertiary/aromatic N) is 1. The van der Waals surface area contributed by atoms with Gasteiger partial charge in [-0.15, -0.1) is 0 Å². The number of piperidine rings is 1. The van der Waals surface area contributed by atoms with Crippen LogP contribution in [0.1, 0.15) is 77.3 Å². The lowest BCUT2D eigenvalue weighted by atomic mass is 9.76. The van der Waals surface area contributed by atoms with E-state index in [1.165, 1.54) is 11.6 Å². The zero-order valence-corrected chi connectivity index (χ0v) is 18.6. The maximum Gasteiger partial charge on any atom is 0.129 e. The lowest BCUT2D eigenvalue weighted by molar-refractivity contribution is -0.0644. The molecule has 1 aliphatic rings. The molecule has 0 aromatic heterocycles. The summed E-state index contributed by atoms with van der Waals surface area (Å²) < 4.78 is 14.3. The van der Waals surface area contributed by atoms with Gasteiger partial charge in [0.25, 0.3) is 0 Å². The van der Waals surface area contributed by atoms with E-state index in [2.05, 4.69) is 49.1 Å². The fourth-order valence-electron chi connectivity index (χ4n) is 4.90.